The highest BCUT2D eigenvalue weighted by Crippen LogP contribution is 2.28. The third kappa shape index (κ3) is 2.35. The molecule has 22 heavy (non-hydrogen) atoms. The standard InChI is InChI=1S/C20H14N2/c1-2-8-17-14-18(13-12-15(17)6-1)21-22-20-11-5-9-16-7-3-4-10-19(16)20/h1-14H. The molecule has 0 saturated carbocycles. The van der Waals surface area contributed by atoms with Crippen molar-refractivity contribution in [2.24, 2.45) is 10.2 Å². The van der Waals surface area contributed by atoms with Gasteiger partial charge >= 0.3 is 0 Å². The first-order valence-electron chi connectivity index (χ1n) is 7.28. The number of hydrogen-bond donors (Lipinski definition) is 0. The molecule has 0 unspecified atom stereocenters. The van der Waals surface area contributed by atoms with Crippen molar-refractivity contribution in [3.05, 3.63) is 84.9 Å². The molecule has 104 valence electrons. The fraction of sp³-hybridized carbons (Fsp3) is 0. The first kappa shape index (κ1) is 12.7. The summed E-state index contributed by atoms with van der Waals surface area (Å²) in [5.74, 6) is 0. The Kier molecular flexibility index (Phi) is 3.13. The molecule has 4 rings (SSSR count). The van der Waals surface area contributed by atoms with Gasteiger partial charge in [-0.1, -0.05) is 66.7 Å². The van der Waals surface area contributed by atoms with Crippen LogP contribution in [0.25, 0.3) is 21.5 Å². The molecule has 0 amide bonds. The Bertz CT molecular complexity index is 981. The second-order valence-electron chi connectivity index (χ2n) is 5.23. The van der Waals surface area contributed by atoms with E-state index in [1.165, 1.54) is 16.2 Å². The number of benzene rings is 4. The molecule has 0 aliphatic heterocycles. The van der Waals surface area contributed by atoms with E-state index < -0.39 is 0 Å². The van der Waals surface area contributed by atoms with Crippen LogP contribution in [0.4, 0.5) is 11.4 Å². The van der Waals surface area contributed by atoms with Crippen molar-refractivity contribution in [3.63, 3.8) is 0 Å². The van der Waals surface area contributed by atoms with E-state index in [4.69, 9.17) is 0 Å². The Hall–Kier alpha value is -3.00. The Morgan fingerprint density at radius 3 is 2.14 bits per heavy atom. The predicted octanol–water partition coefficient (Wildman–Crippen LogP) is 6.41. The maximum absolute atomic E-state index is 4.44. The lowest BCUT2D eigenvalue weighted by Gasteiger charge is -2.01. The summed E-state index contributed by atoms with van der Waals surface area (Å²) in [7, 11) is 0. The molecule has 0 aliphatic rings. The lowest BCUT2D eigenvalue weighted by Crippen LogP contribution is -1.73. The molecule has 0 bridgehead atoms. The van der Waals surface area contributed by atoms with Gasteiger partial charge in [0, 0.05) is 5.39 Å². The molecule has 2 nitrogen and oxygen atoms in total. The van der Waals surface area contributed by atoms with E-state index in [1.807, 2.05) is 42.5 Å². The van der Waals surface area contributed by atoms with Crippen LogP contribution < -0.4 is 0 Å². The van der Waals surface area contributed by atoms with Crippen LogP contribution in [-0.4, -0.2) is 0 Å². The number of fused-ring (bicyclic) bond motifs is 2. The molecular weight excluding hydrogens is 268 g/mol. The Morgan fingerprint density at radius 1 is 0.500 bits per heavy atom. The van der Waals surface area contributed by atoms with Crippen molar-refractivity contribution >= 4 is 32.9 Å². The van der Waals surface area contributed by atoms with Crippen LogP contribution in [-0.2, 0) is 0 Å². The quantitative estimate of drug-likeness (QED) is 0.379. The maximum atomic E-state index is 4.44. The van der Waals surface area contributed by atoms with Crippen LogP contribution in [0.1, 0.15) is 0 Å². The second-order valence-corrected chi connectivity index (χ2v) is 5.23. The summed E-state index contributed by atoms with van der Waals surface area (Å²) in [5.41, 5.74) is 1.76. The molecule has 2 heteroatoms. The maximum Gasteiger partial charge on any atom is 0.0935 e. The SMILES string of the molecule is c1ccc2cc(N=Nc3cccc4ccccc34)ccc2c1. The minimum Gasteiger partial charge on any atom is -0.151 e. The lowest BCUT2D eigenvalue weighted by molar-refractivity contribution is 1.25. The van der Waals surface area contributed by atoms with E-state index >= 15 is 0 Å². The van der Waals surface area contributed by atoms with Gasteiger partial charge in [-0.2, -0.15) is 5.11 Å². The molecule has 0 aliphatic carbocycles. The molecule has 0 atom stereocenters. The van der Waals surface area contributed by atoms with E-state index in [1.54, 1.807) is 0 Å². The van der Waals surface area contributed by atoms with Crippen LogP contribution >= 0.6 is 0 Å². The summed E-state index contributed by atoms with van der Waals surface area (Å²) in [6.45, 7) is 0. The van der Waals surface area contributed by atoms with E-state index in [9.17, 15) is 0 Å². The summed E-state index contributed by atoms with van der Waals surface area (Å²) in [5, 5.41) is 13.5. The molecule has 0 saturated heterocycles. The molecule has 0 radical (unpaired) electrons. The zero-order chi connectivity index (χ0) is 14.8. The van der Waals surface area contributed by atoms with E-state index in [-0.39, 0.29) is 0 Å². The van der Waals surface area contributed by atoms with Gasteiger partial charge in [-0.05, 0) is 34.4 Å². The van der Waals surface area contributed by atoms with E-state index in [0.717, 1.165) is 16.8 Å². The van der Waals surface area contributed by atoms with Gasteiger partial charge in [0.25, 0.3) is 0 Å². The van der Waals surface area contributed by atoms with Crippen LogP contribution in [0.2, 0.25) is 0 Å². The summed E-state index contributed by atoms with van der Waals surface area (Å²) >= 11 is 0. The van der Waals surface area contributed by atoms with Gasteiger partial charge in [0.05, 0.1) is 11.4 Å². The summed E-state index contributed by atoms with van der Waals surface area (Å²) in [6.07, 6.45) is 0. The first-order chi connectivity index (χ1) is 10.9. The Labute approximate surface area is 128 Å². The van der Waals surface area contributed by atoms with Gasteiger partial charge in [-0.25, -0.2) is 0 Å². The van der Waals surface area contributed by atoms with Crippen molar-refractivity contribution in [2.45, 2.75) is 0 Å². The Balaban J connectivity index is 1.75. The zero-order valence-corrected chi connectivity index (χ0v) is 12.0. The average molecular weight is 282 g/mol. The molecule has 4 aromatic carbocycles. The van der Waals surface area contributed by atoms with E-state index in [2.05, 4.69) is 52.7 Å². The minimum atomic E-state index is 0.867. The fourth-order valence-electron chi connectivity index (χ4n) is 2.65. The monoisotopic (exact) mass is 282 g/mol. The smallest absolute Gasteiger partial charge is 0.0935 e. The zero-order valence-electron chi connectivity index (χ0n) is 12.0. The Morgan fingerprint density at radius 2 is 1.23 bits per heavy atom. The fourth-order valence-corrected chi connectivity index (χ4v) is 2.65. The summed E-state index contributed by atoms with van der Waals surface area (Å²) in [6, 6.07) is 28.7. The van der Waals surface area contributed by atoms with Crippen LogP contribution in [0.15, 0.2) is 95.2 Å². The minimum absolute atomic E-state index is 0.867. The average Bonchev–Trinajstić information content (AvgIpc) is 2.60. The molecule has 0 spiro atoms. The number of hydrogen-bond acceptors (Lipinski definition) is 2. The van der Waals surface area contributed by atoms with Gasteiger partial charge < -0.3 is 0 Å². The summed E-state index contributed by atoms with van der Waals surface area (Å²) in [4.78, 5) is 0. The largest absolute Gasteiger partial charge is 0.151 e. The van der Waals surface area contributed by atoms with Crippen LogP contribution in [0, 0.1) is 0 Å². The number of nitrogens with zero attached hydrogens (tertiary/aromatic N) is 2. The van der Waals surface area contributed by atoms with Crippen molar-refractivity contribution in [1.82, 2.24) is 0 Å². The number of rotatable bonds is 2. The second kappa shape index (κ2) is 5.41. The molecule has 0 aromatic heterocycles. The molecular formula is C20H14N2. The third-order valence-corrected chi connectivity index (χ3v) is 3.77. The van der Waals surface area contributed by atoms with E-state index in [0.29, 0.717) is 0 Å². The van der Waals surface area contributed by atoms with Crippen LogP contribution in [0.5, 0.6) is 0 Å². The topological polar surface area (TPSA) is 24.7 Å². The van der Waals surface area contributed by atoms with Gasteiger partial charge in [0.1, 0.15) is 0 Å². The third-order valence-electron chi connectivity index (χ3n) is 3.77. The highest BCUT2D eigenvalue weighted by molar-refractivity contribution is 5.92. The highest BCUT2D eigenvalue weighted by atomic mass is 15.1. The van der Waals surface area contributed by atoms with Gasteiger partial charge in [0.2, 0.25) is 0 Å². The highest BCUT2D eigenvalue weighted by Gasteiger charge is 1.99. The first-order valence-corrected chi connectivity index (χ1v) is 7.28. The lowest BCUT2D eigenvalue weighted by atomic mass is 10.1. The van der Waals surface area contributed by atoms with Gasteiger partial charge in [-0.15, -0.1) is 5.11 Å². The predicted molar refractivity (Wildman–Crippen MR) is 92.1 cm³/mol. The van der Waals surface area contributed by atoms with Crippen molar-refractivity contribution < 1.29 is 0 Å². The van der Waals surface area contributed by atoms with Crippen LogP contribution in [0.3, 0.4) is 0 Å². The van der Waals surface area contributed by atoms with Gasteiger partial charge in [0.15, 0.2) is 0 Å². The van der Waals surface area contributed by atoms with Crippen molar-refractivity contribution in [1.29, 1.82) is 0 Å². The van der Waals surface area contributed by atoms with Crippen molar-refractivity contribution in [3.8, 4) is 0 Å². The molecule has 0 fully saturated rings. The number of azo groups is 1. The molecule has 0 N–H and O–H groups in total. The molecule has 0 heterocycles. The summed E-state index contributed by atoms with van der Waals surface area (Å²) < 4.78 is 0. The molecule has 4 aromatic rings. The van der Waals surface area contributed by atoms with Gasteiger partial charge in [-0.3, -0.25) is 0 Å². The normalized spacial score (nSPS) is 11.5. The van der Waals surface area contributed by atoms with Crippen molar-refractivity contribution in [2.75, 3.05) is 0 Å².